The molecule has 0 saturated heterocycles. The highest BCUT2D eigenvalue weighted by Crippen LogP contribution is 2.19. The first-order chi connectivity index (χ1) is 14.4. The number of halogens is 2. The van der Waals surface area contributed by atoms with Gasteiger partial charge in [0, 0.05) is 17.6 Å². The molecule has 1 aliphatic rings. The zero-order valence-electron chi connectivity index (χ0n) is 17.2. The van der Waals surface area contributed by atoms with Crippen LogP contribution in [0.25, 0.3) is 0 Å². The van der Waals surface area contributed by atoms with Crippen molar-refractivity contribution in [3.05, 3.63) is 70.5 Å². The molecule has 2 aromatic carbocycles. The number of carbonyl (C=O) groups excluding carboxylic acids is 2. The van der Waals surface area contributed by atoms with Crippen LogP contribution in [0.1, 0.15) is 50.2 Å². The molecule has 2 aromatic rings. The van der Waals surface area contributed by atoms with Gasteiger partial charge in [-0.05, 0) is 55.2 Å². The van der Waals surface area contributed by atoms with Crippen LogP contribution in [-0.4, -0.2) is 28.8 Å². The van der Waals surface area contributed by atoms with Gasteiger partial charge >= 0.3 is 0 Å². The van der Waals surface area contributed by atoms with Crippen molar-refractivity contribution < 1.29 is 14.0 Å². The Kier molecular flexibility index (Phi) is 7.86. The van der Waals surface area contributed by atoms with E-state index in [1.54, 1.807) is 36.1 Å². The van der Waals surface area contributed by atoms with Crippen LogP contribution >= 0.6 is 11.6 Å². The second kappa shape index (κ2) is 10.6. The number of benzene rings is 2. The lowest BCUT2D eigenvalue weighted by Crippen LogP contribution is -2.50. The Morgan fingerprint density at radius 1 is 1.10 bits per heavy atom. The summed E-state index contributed by atoms with van der Waals surface area (Å²) in [6.07, 6.45) is 5.51. The number of hydrogen-bond donors (Lipinski definition) is 1. The fourth-order valence-electron chi connectivity index (χ4n) is 3.86. The van der Waals surface area contributed by atoms with Gasteiger partial charge in [0.25, 0.3) is 0 Å². The third-order valence-electron chi connectivity index (χ3n) is 5.63. The summed E-state index contributed by atoms with van der Waals surface area (Å²) >= 11 is 6.11. The molecule has 3 rings (SSSR count). The zero-order valence-corrected chi connectivity index (χ0v) is 18.0. The van der Waals surface area contributed by atoms with E-state index in [1.807, 2.05) is 12.1 Å². The maximum absolute atomic E-state index is 13.2. The molecule has 1 N–H and O–H groups in total. The molecule has 0 unspecified atom stereocenters. The van der Waals surface area contributed by atoms with Crippen molar-refractivity contribution in [3.63, 3.8) is 0 Å². The molecule has 0 spiro atoms. The van der Waals surface area contributed by atoms with E-state index in [4.69, 9.17) is 11.6 Å². The van der Waals surface area contributed by atoms with E-state index in [-0.39, 0.29) is 36.6 Å². The molecule has 160 valence electrons. The quantitative estimate of drug-likeness (QED) is 0.680. The summed E-state index contributed by atoms with van der Waals surface area (Å²) in [5.74, 6) is -0.675. The fraction of sp³-hybridized carbons (Fsp3) is 0.417. The van der Waals surface area contributed by atoms with Crippen LogP contribution in [0, 0.1) is 5.82 Å². The number of amides is 2. The molecule has 0 aromatic heterocycles. The number of carbonyl (C=O) groups is 2. The monoisotopic (exact) mass is 430 g/mol. The summed E-state index contributed by atoms with van der Waals surface area (Å²) in [6.45, 7) is 2.03. The zero-order chi connectivity index (χ0) is 21.5. The van der Waals surface area contributed by atoms with E-state index in [2.05, 4.69) is 5.32 Å². The molecule has 30 heavy (non-hydrogen) atoms. The molecule has 2 amide bonds. The molecule has 0 heterocycles. The van der Waals surface area contributed by atoms with Crippen molar-refractivity contribution in [2.45, 2.75) is 64.1 Å². The lowest BCUT2D eigenvalue weighted by Gasteiger charge is -2.31. The summed E-state index contributed by atoms with van der Waals surface area (Å²) in [7, 11) is 0. The molecule has 0 aliphatic heterocycles. The van der Waals surface area contributed by atoms with E-state index in [9.17, 15) is 14.0 Å². The van der Waals surface area contributed by atoms with Crippen molar-refractivity contribution in [1.82, 2.24) is 10.2 Å². The summed E-state index contributed by atoms with van der Waals surface area (Å²) in [4.78, 5) is 27.7. The Balaban J connectivity index is 1.75. The van der Waals surface area contributed by atoms with Crippen molar-refractivity contribution in [2.24, 2.45) is 0 Å². The topological polar surface area (TPSA) is 49.4 Å². The Labute approximate surface area is 182 Å². The second-order valence-corrected chi connectivity index (χ2v) is 8.41. The second-order valence-electron chi connectivity index (χ2n) is 7.97. The van der Waals surface area contributed by atoms with Gasteiger partial charge in [0.1, 0.15) is 11.9 Å². The van der Waals surface area contributed by atoms with Crippen LogP contribution in [0.4, 0.5) is 4.39 Å². The number of nitrogens with one attached hydrogen (secondary N) is 1. The van der Waals surface area contributed by atoms with Crippen LogP contribution in [0.2, 0.25) is 5.02 Å². The molecular weight excluding hydrogens is 403 g/mol. The van der Waals surface area contributed by atoms with Crippen LogP contribution < -0.4 is 5.32 Å². The number of hydrogen-bond acceptors (Lipinski definition) is 2. The predicted octanol–water partition coefficient (Wildman–Crippen LogP) is 4.89. The molecule has 1 saturated carbocycles. The van der Waals surface area contributed by atoms with Crippen molar-refractivity contribution in [3.8, 4) is 0 Å². The summed E-state index contributed by atoms with van der Waals surface area (Å²) in [5, 5.41) is 3.70. The van der Waals surface area contributed by atoms with Crippen molar-refractivity contribution in [1.29, 1.82) is 0 Å². The summed E-state index contributed by atoms with van der Waals surface area (Å²) in [6, 6.07) is 12.7. The van der Waals surface area contributed by atoms with Crippen LogP contribution in [0.5, 0.6) is 0 Å². The summed E-state index contributed by atoms with van der Waals surface area (Å²) < 4.78 is 13.2. The third-order valence-corrected chi connectivity index (χ3v) is 5.86. The van der Waals surface area contributed by atoms with Crippen molar-refractivity contribution in [2.75, 3.05) is 0 Å². The standard InChI is InChI=1S/C24H28ClFN2O2/c1-17(24(30)27-22-8-3-2-4-9-22)28(16-19-6-5-7-20(25)14-19)23(29)15-18-10-12-21(26)13-11-18/h5-7,10-14,17,22H,2-4,8-9,15-16H2,1H3,(H,27,30)/t17-/m1/s1. The van der Waals surface area contributed by atoms with Crippen LogP contribution in [0.3, 0.4) is 0 Å². The first-order valence-corrected chi connectivity index (χ1v) is 10.9. The van der Waals surface area contributed by atoms with E-state index < -0.39 is 6.04 Å². The highest BCUT2D eigenvalue weighted by molar-refractivity contribution is 6.30. The highest BCUT2D eigenvalue weighted by atomic mass is 35.5. The Hall–Kier alpha value is -2.40. The molecule has 1 atom stereocenters. The minimum Gasteiger partial charge on any atom is -0.352 e. The predicted molar refractivity (Wildman–Crippen MR) is 117 cm³/mol. The third kappa shape index (κ3) is 6.30. The number of rotatable bonds is 7. The lowest BCUT2D eigenvalue weighted by molar-refractivity contribution is -0.140. The van der Waals surface area contributed by atoms with Gasteiger partial charge in [0.05, 0.1) is 6.42 Å². The SMILES string of the molecule is C[C@H](C(=O)NC1CCCCC1)N(Cc1cccc(Cl)c1)C(=O)Cc1ccc(F)cc1. The van der Waals surface area contributed by atoms with Gasteiger partial charge in [-0.15, -0.1) is 0 Å². The Morgan fingerprint density at radius 2 is 1.80 bits per heavy atom. The molecule has 6 heteroatoms. The van der Waals surface area contributed by atoms with Gasteiger partial charge in [0.2, 0.25) is 11.8 Å². The van der Waals surface area contributed by atoms with E-state index in [0.717, 1.165) is 31.2 Å². The Morgan fingerprint density at radius 3 is 2.47 bits per heavy atom. The molecule has 1 fully saturated rings. The van der Waals surface area contributed by atoms with Gasteiger partial charge < -0.3 is 10.2 Å². The van der Waals surface area contributed by atoms with Gasteiger partial charge in [-0.2, -0.15) is 0 Å². The van der Waals surface area contributed by atoms with Gasteiger partial charge in [-0.25, -0.2) is 4.39 Å². The maximum atomic E-state index is 13.2. The van der Waals surface area contributed by atoms with Crippen LogP contribution in [-0.2, 0) is 22.6 Å². The summed E-state index contributed by atoms with van der Waals surface area (Å²) in [5.41, 5.74) is 1.56. The Bertz CT molecular complexity index is 866. The first-order valence-electron chi connectivity index (χ1n) is 10.5. The average molecular weight is 431 g/mol. The van der Waals surface area contributed by atoms with Gasteiger partial charge in [-0.1, -0.05) is 55.1 Å². The number of nitrogens with zero attached hydrogens (tertiary/aromatic N) is 1. The molecule has 4 nitrogen and oxygen atoms in total. The minimum absolute atomic E-state index is 0.0991. The van der Waals surface area contributed by atoms with Gasteiger partial charge in [0.15, 0.2) is 0 Å². The van der Waals surface area contributed by atoms with E-state index >= 15 is 0 Å². The average Bonchev–Trinajstić information content (AvgIpc) is 2.74. The highest BCUT2D eigenvalue weighted by Gasteiger charge is 2.28. The molecule has 0 radical (unpaired) electrons. The van der Waals surface area contributed by atoms with Crippen molar-refractivity contribution >= 4 is 23.4 Å². The smallest absolute Gasteiger partial charge is 0.242 e. The molecule has 1 aliphatic carbocycles. The normalized spacial score (nSPS) is 15.4. The van der Waals surface area contributed by atoms with E-state index in [1.165, 1.54) is 18.6 Å². The van der Waals surface area contributed by atoms with E-state index in [0.29, 0.717) is 10.6 Å². The first kappa shape index (κ1) is 22.3. The molecular formula is C24H28ClFN2O2. The minimum atomic E-state index is -0.626. The lowest BCUT2D eigenvalue weighted by atomic mass is 9.95. The fourth-order valence-corrected chi connectivity index (χ4v) is 4.07. The maximum Gasteiger partial charge on any atom is 0.242 e. The largest absolute Gasteiger partial charge is 0.352 e. The van der Waals surface area contributed by atoms with Crippen LogP contribution in [0.15, 0.2) is 48.5 Å². The van der Waals surface area contributed by atoms with Gasteiger partial charge in [-0.3, -0.25) is 9.59 Å². The molecule has 0 bridgehead atoms.